The van der Waals surface area contributed by atoms with Crippen LogP contribution in [0.4, 0.5) is 45.5 Å². The van der Waals surface area contributed by atoms with Gasteiger partial charge in [-0.2, -0.15) is 0 Å². The number of sulfonamides is 8. The minimum absolute atomic E-state index is 0.0102. The molecule has 0 spiro atoms. The largest absolute Gasteiger partial charge is 0.362 e. The fourth-order valence-electron chi connectivity index (χ4n) is 15.7. The van der Waals surface area contributed by atoms with Gasteiger partial charge in [0.25, 0.3) is 80.2 Å². The van der Waals surface area contributed by atoms with Crippen LogP contribution in [0.1, 0.15) is 16.7 Å². The quantitative estimate of drug-likeness (QED) is 0.0550. The van der Waals surface area contributed by atoms with Crippen molar-refractivity contribution in [3.05, 3.63) is 318 Å². The van der Waals surface area contributed by atoms with Crippen LogP contribution in [0.25, 0.3) is 88.8 Å². The second kappa shape index (κ2) is 41.4. The van der Waals surface area contributed by atoms with Gasteiger partial charge >= 0.3 is 0 Å². The minimum Gasteiger partial charge on any atom is -0.362 e. The zero-order valence-electron chi connectivity index (χ0n) is 75.1. The molecular formula is C96H84Cl3N15O20S8. The summed E-state index contributed by atoms with van der Waals surface area (Å²) in [7, 11) is -30.7. The fraction of sp³-hybridized carbons (Fsp3) is 0.156. The molecule has 4 N–H and O–H groups in total. The van der Waals surface area contributed by atoms with Crippen LogP contribution in [0.5, 0.6) is 0 Å². The van der Waals surface area contributed by atoms with E-state index < -0.39 is 104 Å². The second-order valence-corrected chi connectivity index (χ2v) is 47.6. The van der Waals surface area contributed by atoms with Crippen molar-refractivity contribution in [3.63, 3.8) is 0 Å². The van der Waals surface area contributed by atoms with Gasteiger partial charge in [-0.3, -0.25) is 46.1 Å². The Morgan fingerprint density at radius 3 is 1.20 bits per heavy atom. The average Bonchev–Trinajstić information content (AvgIpc) is 0.793. The molecule has 4 aliphatic heterocycles. The number of para-hydroxylation sites is 2. The van der Waals surface area contributed by atoms with Crippen molar-refractivity contribution in [3.8, 4) is 45.3 Å². The number of ether oxygens (including phenoxy) is 4. The van der Waals surface area contributed by atoms with E-state index in [-0.39, 0.29) is 104 Å². The van der Waals surface area contributed by atoms with Gasteiger partial charge in [-0.25, -0.2) is 92.3 Å². The summed E-state index contributed by atoms with van der Waals surface area (Å²) in [5.41, 5.74) is 12.0. The molecule has 0 saturated carbocycles. The van der Waals surface area contributed by atoms with Crippen molar-refractivity contribution in [2.24, 2.45) is 0 Å². The van der Waals surface area contributed by atoms with Crippen molar-refractivity contribution < 1.29 is 86.3 Å². The van der Waals surface area contributed by atoms with Crippen LogP contribution >= 0.6 is 34.8 Å². The Morgan fingerprint density at radius 2 is 0.718 bits per heavy atom. The first-order valence-electron chi connectivity index (χ1n) is 43.1. The minimum atomic E-state index is -4.07. The molecule has 4 fully saturated rings. The third-order valence-corrected chi connectivity index (χ3v) is 35.8. The number of anilines is 8. The maximum atomic E-state index is 13.2. The van der Waals surface area contributed by atoms with E-state index in [0.29, 0.717) is 56.9 Å². The lowest BCUT2D eigenvalue weighted by molar-refractivity contribution is 0.175. The summed E-state index contributed by atoms with van der Waals surface area (Å²) in [4.78, 5) is 30.8. The molecule has 35 nitrogen and oxygen atoms in total. The normalized spacial score (nSPS) is 15.7. The number of hydrogen-bond acceptors (Lipinski definition) is 27. The standard InChI is InChI=1S/C25H22ClN3O5S2.C24H21ClN4O5S2.C24H22N4O5S2.C23H19ClN4O5S2/c1-17-6-7-19(14-22(17)25-21-5-3-2-4-18(21)10-11-27-25)28-36(32,33)24-9-8-20(15-23(24)26)29-12-13-34-16-35(29,30)31;1-16-2-4-18(12-20(16)23-6-3-17-14-26-9-8-22(17)27-23)28-36(32,33)24-7-5-19(13-21(24)25)29-10-11-34-15-35(29,30)31;1-17-6-7-19(14-22(17)24-25-15-18-4-2-3-5-23(18)26-24)27-35(31,32)21-10-8-20(9-11-21)28-12-13-33-16-34(28,29)30;24-20-13-19(28-10-11-33-15-34(28,29)30)8-9-22(20)35(31,32)27-18-6-3-5-16(12-18)23-25-14-17-4-1-2-7-21(17)26-23/h2-11,14-15,28H,12-13,16H2,1H3;2-9,12-14,28H,10-11,15H2,1H3;2-11,14-15,27H,12-13,16H2,1H3;1-9,12-14,27H,10-11,15H2. The summed E-state index contributed by atoms with van der Waals surface area (Å²) in [5.74, 6) is -0.759. The predicted octanol–water partition coefficient (Wildman–Crippen LogP) is 16.4. The van der Waals surface area contributed by atoms with Gasteiger partial charge in [-0.1, -0.05) is 126 Å². The van der Waals surface area contributed by atoms with E-state index in [9.17, 15) is 67.3 Å². The number of benzene rings is 11. The molecule has 0 unspecified atom stereocenters. The fourth-order valence-corrected chi connectivity index (χ4v) is 26.5. The maximum Gasteiger partial charge on any atom is 0.263 e. The van der Waals surface area contributed by atoms with Gasteiger partial charge in [-0.15, -0.1) is 0 Å². The van der Waals surface area contributed by atoms with Gasteiger partial charge in [0.15, 0.2) is 35.4 Å². The lowest BCUT2D eigenvalue weighted by Crippen LogP contribution is -2.41. The summed E-state index contributed by atoms with van der Waals surface area (Å²) in [5, 5.41) is 4.41. The summed E-state index contributed by atoms with van der Waals surface area (Å²) in [6.45, 7) is 7.27. The third kappa shape index (κ3) is 22.6. The number of fused-ring (bicyclic) bond motifs is 4. The smallest absolute Gasteiger partial charge is 0.263 e. The molecule has 732 valence electrons. The highest BCUT2D eigenvalue weighted by molar-refractivity contribution is 7.95. The van der Waals surface area contributed by atoms with Gasteiger partial charge in [0, 0.05) is 97.5 Å². The zero-order valence-corrected chi connectivity index (χ0v) is 83.9. The second-order valence-electron chi connectivity index (χ2n) is 32.4. The van der Waals surface area contributed by atoms with E-state index in [0.717, 1.165) is 89.9 Å². The van der Waals surface area contributed by atoms with Crippen molar-refractivity contribution in [1.29, 1.82) is 0 Å². The molecule has 0 amide bonds. The Kier molecular flexibility index (Phi) is 29.2. The van der Waals surface area contributed by atoms with Crippen LogP contribution in [-0.2, 0) is 99.1 Å². The van der Waals surface area contributed by atoms with Crippen LogP contribution in [0.15, 0.2) is 305 Å². The Morgan fingerprint density at radius 1 is 0.324 bits per heavy atom. The van der Waals surface area contributed by atoms with Crippen LogP contribution < -0.4 is 36.1 Å². The highest BCUT2D eigenvalue weighted by Gasteiger charge is 2.34. The van der Waals surface area contributed by atoms with Crippen molar-refractivity contribution >= 4 is 204 Å². The van der Waals surface area contributed by atoms with E-state index in [2.05, 4.69) is 53.8 Å². The molecule has 4 aliphatic rings. The summed E-state index contributed by atoms with van der Waals surface area (Å²) >= 11 is 18.9. The van der Waals surface area contributed by atoms with Crippen molar-refractivity contribution in [2.75, 3.05) is 112 Å². The van der Waals surface area contributed by atoms with Crippen LogP contribution in [0, 0.1) is 20.8 Å². The number of nitrogens with one attached hydrogen (secondary N) is 4. The number of rotatable bonds is 20. The van der Waals surface area contributed by atoms with E-state index in [1.807, 2.05) is 124 Å². The number of nitrogens with zero attached hydrogens (tertiary/aromatic N) is 11. The van der Waals surface area contributed by atoms with Gasteiger partial charge in [0.2, 0.25) is 0 Å². The highest BCUT2D eigenvalue weighted by atomic mass is 35.5. The molecule has 0 aliphatic carbocycles. The predicted molar refractivity (Wildman–Crippen MR) is 549 cm³/mol. The molecule has 4 saturated heterocycles. The van der Waals surface area contributed by atoms with Gasteiger partial charge in [0.05, 0.1) is 123 Å². The Labute approximate surface area is 833 Å². The molecule has 142 heavy (non-hydrogen) atoms. The Hall–Kier alpha value is -13.2. The zero-order chi connectivity index (χ0) is 100. The number of halogens is 3. The number of pyridine rings is 3. The SMILES string of the molecule is Cc1ccc(NS(=O)(=O)c2ccc(N3CCOCS3(=O)=O)cc2)cc1-c1ncc2ccccc2n1.Cc1ccc(NS(=O)(=O)c2ccc(N3CCOCS3(=O)=O)cc2Cl)cc1-c1ccc2cnccc2n1.Cc1ccc(NS(=O)(=O)c2ccc(N3CCOCS3(=O)=O)cc2Cl)cc1-c1nccc2ccccc12.O=S(=O)(Nc1cccc(-c2ncc3ccccc3n2)c1)c1ccc(N2CCOCS2(=O)=O)cc1Cl. The van der Waals surface area contributed by atoms with Crippen molar-refractivity contribution in [2.45, 2.75) is 40.4 Å². The maximum absolute atomic E-state index is 13.2. The van der Waals surface area contributed by atoms with E-state index in [4.69, 9.17) is 53.8 Å². The number of aryl methyl sites for hydroxylation is 3. The number of aromatic nitrogens is 7. The molecule has 11 aromatic carbocycles. The first-order chi connectivity index (χ1) is 67.7. The molecule has 46 heteroatoms. The Balaban J connectivity index is 0.000000130. The van der Waals surface area contributed by atoms with Crippen molar-refractivity contribution in [1.82, 2.24) is 34.9 Å². The first kappa shape index (κ1) is 100. The van der Waals surface area contributed by atoms with Gasteiger partial charge in [-0.05, 0) is 207 Å². The molecular weight excluding hydrogens is 2050 g/mol. The van der Waals surface area contributed by atoms with Crippen LogP contribution in [0.3, 0.4) is 0 Å². The summed E-state index contributed by atoms with van der Waals surface area (Å²) in [6, 6.07) is 70.7. The average molecular weight is 2130 g/mol. The summed E-state index contributed by atoms with van der Waals surface area (Å²) < 4.78 is 238. The lowest BCUT2D eigenvalue weighted by atomic mass is 10.00. The van der Waals surface area contributed by atoms with E-state index >= 15 is 0 Å². The molecule has 0 atom stereocenters. The van der Waals surface area contributed by atoms with Crippen LogP contribution in [0.2, 0.25) is 15.1 Å². The summed E-state index contributed by atoms with van der Waals surface area (Å²) in [6.07, 6.45) is 8.58. The van der Waals surface area contributed by atoms with E-state index in [1.165, 1.54) is 83.2 Å². The molecule has 9 heterocycles. The topological polar surface area (TPSA) is 461 Å². The molecule has 16 aromatic rings. The highest BCUT2D eigenvalue weighted by Crippen LogP contribution is 2.40. The third-order valence-electron chi connectivity index (χ3n) is 22.7. The van der Waals surface area contributed by atoms with E-state index in [1.54, 1.807) is 104 Å². The molecule has 0 radical (unpaired) electrons. The van der Waals surface area contributed by atoms with Crippen LogP contribution in [-0.4, -0.2) is 179 Å². The Bertz CT molecular complexity index is 8640. The van der Waals surface area contributed by atoms with Gasteiger partial charge in [0.1, 0.15) is 14.7 Å². The number of hydrogen-bond donors (Lipinski definition) is 4. The monoisotopic (exact) mass is 2130 g/mol. The molecule has 20 rings (SSSR count). The lowest BCUT2D eigenvalue weighted by Gasteiger charge is -2.28. The first-order valence-corrected chi connectivity index (χ1v) is 56.6. The van der Waals surface area contributed by atoms with Gasteiger partial charge < -0.3 is 18.9 Å². The molecule has 5 aromatic heterocycles. The molecule has 0 bridgehead atoms.